The van der Waals surface area contributed by atoms with Gasteiger partial charge in [0.1, 0.15) is 18.1 Å². The highest BCUT2D eigenvalue weighted by Gasteiger charge is 2.25. The Kier molecular flexibility index (Phi) is 9.83. The number of sulfone groups is 1. The van der Waals surface area contributed by atoms with E-state index in [0.29, 0.717) is 24.0 Å². The van der Waals surface area contributed by atoms with E-state index in [-0.39, 0.29) is 0 Å². The molecule has 2 atom stereocenters. The minimum atomic E-state index is -3.21. The van der Waals surface area contributed by atoms with Gasteiger partial charge in [0.25, 0.3) is 0 Å². The van der Waals surface area contributed by atoms with Gasteiger partial charge in [0.15, 0.2) is 9.84 Å². The van der Waals surface area contributed by atoms with Crippen molar-refractivity contribution in [3.8, 4) is 23.3 Å². The highest BCUT2D eigenvalue weighted by molar-refractivity contribution is 7.92. The van der Waals surface area contributed by atoms with E-state index in [0.717, 1.165) is 24.3 Å². The monoisotopic (exact) mass is 518 g/mol. The Hall–Kier alpha value is -3.23. The van der Waals surface area contributed by atoms with Crippen molar-refractivity contribution in [2.24, 2.45) is 0 Å². The smallest absolute Gasteiger partial charge is 0.181 e. The van der Waals surface area contributed by atoms with Crippen molar-refractivity contribution in [3.05, 3.63) is 88.5 Å². The Morgan fingerprint density at radius 3 is 2.22 bits per heavy atom. The molecule has 0 saturated heterocycles. The average molecular weight is 519 g/mol. The quantitative estimate of drug-likeness (QED) is 0.325. The Labute approximate surface area is 223 Å². The number of rotatable bonds is 6. The predicted molar refractivity (Wildman–Crippen MR) is 151 cm³/mol. The first-order valence-corrected chi connectivity index (χ1v) is 14.4. The number of ether oxygens (including phenoxy) is 2. The first kappa shape index (κ1) is 28.3. The van der Waals surface area contributed by atoms with Crippen LogP contribution in [0.4, 0.5) is 0 Å². The van der Waals surface area contributed by atoms with Crippen LogP contribution >= 0.6 is 0 Å². The van der Waals surface area contributed by atoms with Crippen molar-refractivity contribution in [3.63, 3.8) is 0 Å². The van der Waals surface area contributed by atoms with E-state index in [9.17, 15) is 8.42 Å². The Bertz CT molecular complexity index is 1350. The van der Waals surface area contributed by atoms with Crippen molar-refractivity contribution < 1.29 is 17.9 Å². The number of hydrogen-bond donors (Lipinski definition) is 0. The summed E-state index contributed by atoms with van der Waals surface area (Å²) in [5.74, 6) is 7.61. The molecule has 2 unspecified atom stereocenters. The molecule has 0 N–H and O–H groups in total. The van der Waals surface area contributed by atoms with Gasteiger partial charge in [-0.25, -0.2) is 8.42 Å². The molecular formula is C32H38O4S. The maximum atomic E-state index is 12.0. The summed E-state index contributed by atoms with van der Waals surface area (Å²) in [6.07, 6.45) is 2.84. The third-order valence-corrected chi connectivity index (χ3v) is 8.98. The fourth-order valence-electron chi connectivity index (χ4n) is 4.37. The van der Waals surface area contributed by atoms with Gasteiger partial charge in [-0.2, -0.15) is 0 Å². The summed E-state index contributed by atoms with van der Waals surface area (Å²) in [6, 6.07) is 18.8. The van der Waals surface area contributed by atoms with E-state index in [1.54, 1.807) is 44.2 Å². The lowest BCUT2D eigenvalue weighted by Crippen LogP contribution is -2.21. The van der Waals surface area contributed by atoms with Crippen LogP contribution in [-0.4, -0.2) is 19.8 Å². The van der Waals surface area contributed by atoms with Crippen molar-refractivity contribution >= 4 is 9.84 Å². The molecule has 1 aliphatic heterocycles. The third-order valence-electron chi connectivity index (χ3n) is 6.82. The maximum Gasteiger partial charge on any atom is 0.181 e. The van der Waals surface area contributed by atoms with Crippen LogP contribution in [0.15, 0.2) is 65.6 Å². The van der Waals surface area contributed by atoms with Crippen LogP contribution in [0.3, 0.4) is 0 Å². The highest BCUT2D eigenvalue weighted by Crippen LogP contribution is 2.41. The van der Waals surface area contributed by atoms with E-state index in [1.807, 2.05) is 18.2 Å². The largest absolute Gasteiger partial charge is 0.490 e. The molecule has 4 rings (SSSR count). The van der Waals surface area contributed by atoms with Gasteiger partial charge >= 0.3 is 0 Å². The summed E-state index contributed by atoms with van der Waals surface area (Å²) >= 11 is 0. The standard InChI is InChI=1S/C20H24O2.C12H14O2S/c1-13-10-11-18-16(4)19(14(2)15(3)20(18)22-13)21-12-17-8-6-5-7-9-17;1-3-4-8-11(2)15(13,14)12-9-6-5-7-10-12/h5-9,13H,10-12H2,1-4H3;5-7,9-11H,8H2,1-2H3. The average Bonchev–Trinajstić information content (AvgIpc) is 2.91. The Balaban J connectivity index is 0.000000222. The lowest BCUT2D eigenvalue weighted by atomic mass is 9.92. The predicted octanol–water partition coefficient (Wildman–Crippen LogP) is 7.17. The SMILES string of the molecule is CC#CCC(C)S(=O)(=O)c1ccccc1.Cc1c(C)c2c(c(C)c1OCc1ccccc1)CCC(C)O2. The highest BCUT2D eigenvalue weighted by atomic mass is 32.2. The zero-order valence-corrected chi connectivity index (χ0v) is 23.6. The summed E-state index contributed by atoms with van der Waals surface area (Å²) in [4.78, 5) is 0.371. The van der Waals surface area contributed by atoms with Crippen LogP contribution in [0, 0.1) is 32.6 Å². The minimum Gasteiger partial charge on any atom is -0.490 e. The van der Waals surface area contributed by atoms with E-state index in [4.69, 9.17) is 9.47 Å². The Morgan fingerprint density at radius 1 is 0.973 bits per heavy atom. The number of hydrogen-bond acceptors (Lipinski definition) is 4. The van der Waals surface area contributed by atoms with Gasteiger partial charge in [-0.1, -0.05) is 48.5 Å². The van der Waals surface area contributed by atoms with Crippen molar-refractivity contribution in [2.75, 3.05) is 0 Å². The van der Waals surface area contributed by atoms with Gasteiger partial charge < -0.3 is 9.47 Å². The molecule has 0 bridgehead atoms. The summed E-state index contributed by atoms with van der Waals surface area (Å²) in [6.45, 7) is 12.6. The van der Waals surface area contributed by atoms with Gasteiger partial charge in [0, 0.05) is 12.0 Å². The first-order valence-electron chi connectivity index (χ1n) is 12.8. The minimum absolute atomic E-state index is 0.307. The van der Waals surface area contributed by atoms with Crippen LogP contribution in [0.5, 0.6) is 11.5 Å². The molecule has 0 aliphatic carbocycles. The molecule has 0 radical (unpaired) electrons. The van der Waals surface area contributed by atoms with Crippen LogP contribution in [-0.2, 0) is 22.9 Å². The van der Waals surface area contributed by atoms with Crippen molar-refractivity contribution in [1.29, 1.82) is 0 Å². The van der Waals surface area contributed by atoms with Gasteiger partial charge in [-0.05, 0) is 88.8 Å². The second kappa shape index (κ2) is 12.8. The molecule has 0 fully saturated rings. The fraction of sp³-hybridized carbons (Fsp3) is 0.375. The molecule has 3 aromatic rings. The van der Waals surface area contributed by atoms with Gasteiger partial charge in [0.2, 0.25) is 0 Å². The first-order chi connectivity index (χ1) is 17.7. The Morgan fingerprint density at radius 2 is 1.59 bits per heavy atom. The normalized spacial score (nSPS) is 15.1. The molecule has 5 heteroatoms. The molecule has 1 heterocycles. The van der Waals surface area contributed by atoms with E-state index in [1.165, 1.54) is 27.8 Å². The summed E-state index contributed by atoms with van der Waals surface area (Å²) in [5, 5.41) is -0.452. The van der Waals surface area contributed by atoms with E-state index >= 15 is 0 Å². The summed E-state index contributed by atoms with van der Waals surface area (Å²) in [5.41, 5.74) is 6.17. The molecule has 37 heavy (non-hydrogen) atoms. The van der Waals surface area contributed by atoms with Crippen LogP contribution in [0.2, 0.25) is 0 Å². The van der Waals surface area contributed by atoms with Crippen LogP contribution < -0.4 is 9.47 Å². The van der Waals surface area contributed by atoms with Gasteiger partial charge in [-0.15, -0.1) is 11.8 Å². The lowest BCUT2D eigenvalue weighted by molar-refractivity contribution is 0.189. The molecule has 0 spiro atoms. The van der Waals surface area contributed by atoms with E-state index in [2.05, 4.69) is 51.7 Å². The third kappa shape index (κ3) is 6.96. The maximum absolute atomic E-state index is 12.0. The molecule has 196 valence electrons. The van der Waals surface area contributed by atoms with Crippen molar-refractivity contribution in [2.45, 2.75) is 83.7 Å². The van der Waals surface area contributed by atoms with E-state index < -0.39 is 15.1 Å². The number of fused-ring (bicyclic) bond motifs is 1. The zero-order chi connectivity index (χ0) is 27.0. The van der Waals surface area contributed by atoms with Gasteiger partial charge in [-0.3, -0.25) is 0 Å². The molecule has 0 aromatic heterocycles. The second-order valence-electron chi connectivity index (χ2n) is 9.55. The molecule has 1 aliphatic rings. The fourth-order valence-corrected chi connectivity index (χ4v) is 5.67. The van der Waals surface area contributed by atoms with Crippen molar-refractivity contribution in [1.82, 2.24) is 0 Å². The molecular weight excluding hydrogens is 480 g/mol. The van der Waals surface area contributed by atoms with Crippen LogP contribution in [0.25, 0.3) is 0 Å². The molecule has 0 amide bonds. The zero-order valence-electron chi connectivity index (χ0n) is 22.8. The van der Waals surface area contributed by atoms with Gasteiger partial charge in [0.05, 0.1) is 16.2 Å². The molecule has 3 aromatic carbocycles. The molecule has 0 saturated carbocycles. The molecule has 4 nitrogen and oxygen atoms in total. The second-order valence-corrected chi connectivity index (χ2v) is 11.9. The lowest BCUT2D eigenvalue weighted by Gasteiger charge is -2.29. The summed E-state index contributed by atoms with van der Waals surface area (Å²) in [7, 11) is -3.21. The summed E-state index contributed by atoms with van der Waals surface area (Å²) < 4.78 is 36.2. The van der Waals surface area contributed by atoms with Crippen LogP contribution in [0.1, 0.15) is 61.4 Å². The number of benzene rings is 3. The topological polar surface area (TPSA) is 52.6 Å².